The third kappa shape index (κ3) is 4.76. The molecular weight excluding hydrogens is 334 g/mol. The Balaban J connectivity index is 2.10. The van der Waals surface area contributed by atoms with Gasteiger partial charge in [0.25, 0.3) is 0 Å². The zero-order valence-electron chi connectivity index (χ0n) is 12.5. The quantitative estimate of drug-likeness (QED) is 0.284. The van der Waals surface area contributed by atoms with Gasteiger partial charge in [-0.25, -0.2) is 4.79 Å². The summed E-state index contributed by atoms with van der Waals surface area (Å²) in [5.41, 5.74) is 3.42. The Bertz CT molecular complexity index is 715. The average molecular weight is 349 g/mol. The molecule has 0 saturated carbocycles. The van der Waals surface area contributed by atoms with Gasteiger partial charge in [-0.1, -0.05) is 6.07 Å². The number of benzene rings is 1. The Kier molecular flexibility index (Phi) is 6.07. The number of ether oxygens (including phenoxy) is 2. The first-order chi connectivity index (χ1) is 11.1. The van der Waals surface area contributed by atoms with E-state index in [-0.39, 0.29) is 0 Å². The summed E-state index contributed by atoms with van der Waals surface area (Å²) < 4.78 is 10.6. The van der Waals surface area contributed by atoms with Crippen molar-refractivity contribution >= 4 is 40.9 Å². The molecule has 0 atom stereocenters. The van der Waals surface area contributed by atoms with Gasteiger partial charge in [0, 0.05) is 7.05 Å². The molecule has 0 aliphatic rings. The van der Waals surface area contributed by atoms with Crippen LogP contribution in [0.5, 0.6) is 11.5 Å². The van der Waals surface area contributed by atoms with Crippen LogP contribution < -0.4 is 20.2 Å². The number of nitrogens with zero attached hydrogens (tertiary/aromatic N) is 1. The van der Waals surface area contributed by atoms with Crippen LogP contribution in [0.1, 0.15) is 15.2 Å². The smallest absolute Gasteiger partial charge is 0.353 e. The second kappa shape index (κ2) is 8.25. The molecule has 8 heteroatoms. The van der Waals surface area contributed by atoms with E-state index in [0.717, 1.165) is 5.56 Å². The topological polar surface area (TPSA) is 72.0 Å². The number of hydrazone groups is 1. The predicted molar refractivity (Wildman–Crippen MR) is 94.7 cm³/mol. The molecule has 0 aliphatic carbocycles. The molecule has 1 heterocycles. The van der Waals surface area contributed by atoms with Crippen molar-refractivity contribution < 1.29 is 14.3 Å². The Labute approximate surface area is 143 Å². The minimum atomic E-state index is -0.416. The van der Waals surface area contributed by atoms with Gasteiger partial charge in [-0.2, -0.15) is 5.10 Å². The number of nitrogens with one attached hydrogen (secondary N) is 2. The lowest BCUT2D eigenvalue weighted by Crippen LogP contribution is -2.28. The van der Waals surface area contributed by atoms with Crippen molar-refractivity contribution in [1.82, 2.24) is 10.7 Å². The van der Waals surface area contributed by atoms with E-state index in [4.69, 9.17) is 21.7 Å². The summed E-state index contributed by atoms with van der Waals surface area (Å²) in [6, 6.07) is 8.62. The minimum Gasteiger partial charge on any atom is -0.493 e. The second-order valence-electron chi connectivity index (χ2n) is 4.23. The Hall–Kier alpha value is -2.45. The van der Waals surface area contributed by atoms with Gasteiger partial charge in [0.05, 0.1) is 13.3 Å². The van der Waals surface area contributed by atoms with Crippen LogP contribution in [0, 0.1) is 0 Å². The first-order valence-corrected chi connectivity index (χ1v) is 7.87. The van der Waals surface area contributed by atoms with E-state index < -0.39 is 5.97 Å². The van der Waals surface area contributed by atoms with Crippen molar-refractivity contribution in [1.29, 1.82) is 0 Å². The van der Waals surface area contributed by atoms with Crippen molar-refractivity contribution in [2.45, 2.75) is 0 Å². The fourth-order valence-electron chi connectivity index (χ4n) is 1.62. The van der Waals surface area contributed by atoms with Gasteiger partial charge >= 0.3 is 5.97 Å². The van der Waals surface area contributed by atoms with E-state index in [2.05, 4.69) is 15.8 Å². The third-order valence-electron chi connectivity index (χ3n) is 2.72. The number of hydrogen-bond donors (Lipinski definition) is 2. The molecule has 0 unspecified atom stereocenters. The highest BCUT2D eigenvalue weighted by Gasteiger charge is 2.13. The van der Waals surface area contributed by atoms with Gasteiger partial charge in [0.1, 0.15) is 4.88 Å². The highest BCUT2D eigenvalue weighted by molar-refractivity contribution is 7.80. The van der Waals surface area contributed by atoms with Crippen LogP contribution in [-0.2, 0) is 0 Å². The number of hydrogen-bond acceptors (Lipinski definition) is 6. The first-order valence-electron chi connectivity index (χ1n) is 6.58. The lowest BCUT2D eigenvalue weighted by molar-refractivity contribution is 0.0735. The Morgan fingerprint density at radius 3 is 2.83 bits per heavy atom. The predicted octanol–water partition coefficient (Wildman–Crippen LogP) is 2.40. The van der Waals surface area contributed by atoms with Gasteiger partial charge < -0.3 is 14.8 Å². The van der Waals surface area contributed by atoms with E-state index in [9.17, 15) is 4.79 Å². The molecule has 0 spiro atoms. The van der Waals surface area contributed by atoms with E-state index in [1.165, 1.54) is 18.4 Å². The number of carbonyl (C=O) groups is 1. The van der Waals surface area contributed by atoms with Gasteiger partial charge in [-0.05, 0) is 47.4 Å². The second-order valence-corrected chi connectivity index (χ2v) is 5.58. The van der Waals surface area contributed by atoms with Gasteiger partial charge in [0.2, 0.25) is 0 Å². The summed E-state index contributed by atoms with van der Waals surface area (Å²) in [6.07, 6.45) is 1.58. The summed E-state index contributed by atoms with van der Waals surface area (Å²) in [6.45, 7) is 0. The van der Waals surface area contributed by atoms with Crippen LogP contribution in [0.2, 0.25) is 0 Å². The van der Waals surface area contributed by atoms with E-state index in [0.29, 0.717) is 21.5 Å². The average Bonchev–Trinajstić information content (AvgIpc) is 3.10. The largest absolute Gasteiger partial charge is 0.493 e. The van der Waals surface area contributed by atoms with Crippen molar-refractivity contribution in [3.05, 3.63) is 46.2 Å². The van der Waals surface area contributed by atoms with Crippen molar-refractivity contribution in [2.24, 2.45) is 5.10 Å². The molecule has 1 aromatic heterocycles. The van der Waals surface area contributed by atoms with Crippen molar-refractivity contribution in [3.8, 4) is 11.5 Å². The third-order valence-corrected chi connectivity index (χ3v) is 3.86. The van der Waals surface area contributed by atoms with Crippen LogP contribution in [0.3, 0.4) is 0 Å². The molecule has 0 amide bonds. The van der Waals surface area contributed by atoms with Crippen LogP contribution in [0.25, 0.3) is 0 Å². The molecule has 0 fully saturated rings. The Morgan fingerprint density at radius 1 is 1.35 bits per heavy atom. The SMILES string of the molecule is CNC(=S)NN=Cc1ccc(OC(=O)c2cccs2)c(OC)c1. The van der Waals surface area contributed by atoms with Crippen LogP contribution in [0.15, 0.2) is 40.8 Å². The molecule has 2 N–H and O–H groups in total. The number of esters is 1. The molecule has 6 nitrogen and oxygen atoms in total. The first kappa shape index (κ1) is 16.9. The van der Waals surface area contributed by atoms with Crippen molar-refractivity contribution in [3.63, 3.8) is 0 Å². The maximum atomic E-state index is 12.0. The number of thiophene rings is 1. The summed E-state index contributed by atoms with van der Waals surface area (Å²) in [4.78, 5) is 12.5. The highest BCUT2D eigenvalue weighted by Crippen LogP contribution is 2.28. The summed E-state index contributed by atoms with van der Waals surface area (Å²) in [5.74, 6) is 0.373. The van der Waals surface area contributed by atoms with Gasteiger partial charge in [-0.15, -0.1) is 11.3 Å². The lowest BCUT2D eigenvalue weighted by Gasteiger charge is -2.09. The number of thiocarbonyl (C=S) groups is 1. The molecule has 2 rings (SSSR count). The molecule has 0 aliphatic heterocycles. The minimum absolute atomic E-state index is 0.349. The molecule has 2 aromatic rings. The lowest BCUT2D eigenvalue weighted by atomic mass is 10.2. The molecule has 120 valence electrons. The van der Waals surface area contributed by atoms with Crippen LogP contribution in [-0.4, -0.2) is 31.5 Å². The van der Waals surface area contributed by atoms with Gasteiger partial charge in [-0.3, -0.25) is 5.43 Å². The zero-order valence-corrected chi connectivity index (χ0v) is 14.2. The highest BCUT2D eigenvalue weighted by atomic mass is 32.1. The van der Waals surface area contributed by atoms with Crippen LogP contribution in [0.4, 0.5) is 0 Å². The summed E-state index contributed by atoms with van der Waals surface area (Å²) in [7, 11) is 3.21. The number of rotatable bonds is 5. The molecular formula is C15H15N3O3S2. The monoisotopic (exact) mass is 349 g/mol. The maximum Gasteiger partial charge on any atom is 0.353 e. The summed E-state index contributed by atoms with van der Waals surface area (Å²) in [5, 5.41) is 8.95. The Morgan fingerprint density at radius 2 is 2.17 bits per heavy atom. The van der Waals surface area contributed by atoms with E-state index in [1.807, 2.05) is 5.38 Å². The molecule has 0 bridgehead atoms. The fraction of sp³-hybridized carbons (Fsp3) is 0.133. The maximum absolute atomic E-state index is 12.0. The molecule has 23 heavy (non-hydrogen) atoms. The van der Waals surface area contributed by atoms with Gasteiger partial charge in [0.15, 0.2) is 16.6 Å². The standard InChI is InChI=1S/C15H15N3O3S2/c1-16-15(22)18-17-9-10-5-6-11(12(8-10)20-2)21-14(19)13-4-3-7-23-13/h3-9H,1-2H3,(H2,16,18,22). The molecule has 1 aromatic carbocycles. The van der Waals surface area contributed by atoms with E-state index in [1.54, 1.807) is 43.6 Å². The summed E-state index contributed by atoms with van der Waals surface area (Å²) >= 11 is 6.23. The fourth-order valence-corrected chi connectivity index (χ4v) is 2.27. The zero-order chi connectivity index (χ0) is 16.7. The van der Waals surface area contributed by atoms with Crippen molar-refractivity contribution in [2.75, 3.05) is 14.2 Å². The number of methoxy groups -OCH3 is 1. The number of carbonyl (C=O) groups excluding carboxylic acids is 1. The normalized spacial score (nSPS) is 10.3. The van der Waals surface area contributed by atoms with E-state index >= 15 is 0 Å². The molecule has 0 saturated heterocycles. The van der Waals surface area contributed by atoms with Crippen LogP contribution >= 0.6 is 23.6 Å². The molecule has 0 radical (unpaired) electrons.